The van der Waals surface area contributed by atoms with Gasteiger partial charge in [-0.3, -0.25) is 4.90 Å². The first-order valence-electron chi connectivity index (χ1n) is 6.93. The Morgan fingerprint density at radius 2 is 1.80 bits per heavy atom. The predicted molar refractivity (Wildman–Crippen MR) is 83.2 cm³/mol. The molecule has 0 amide bonds. The van der Waals surface area contributed by atoms with Gasteiger partial charge in [-0.25, -0.2) is 0 Å². The van der Waals surface area contributed by atoms with Crippen molar-refractivity contribution in [1.29, 1.82) is 0 Å². The molecule has 0 aliphatic carbocycles. The molecule has 0 radical (unpaired) electrons. The Balaban J connectivity index is 1.98. The molecule has 0 unspecified atom stereocenters. The van der Waals surface area contributed by atoms with E-state index in [9.17, 15) is 0 Å². The highest BCUT2D eigenvalue weighted by Crippen LogP contribution is 2.33. The van der Waals surface area contributed by atoms with Crippen LogP contribution < -0.4 is 9.47 Å². The Morgan fingerprint density at radius 3 is 2.45 bits per heavy atom. The summed E-state index contributed by atoms with van der Waals surface area (Å²) < 4.78 is 16.2. The van der Waals surface area contributed by atoms with Crippen LogP contribution in [0.5, 0.6) is 11.5 Å². The minimum atomic E-state index is 0.721. The van der Waals surface area contributed by atoms with Crippen molar-refractivity contribution in [2.45, 2.75) is 13.0 Å². The van der Waals surface area contributed by atoms with Gasteiger partial charge in [0.25, 0.3) is 0 Å². The molecule has 0 saturated carbocycles. The maximum Gasteiger partial charge on any atom is 0.161 e. The summed E-state index contributed by atoms with van der Waals surface area (Å²) in [6, 6.07) is 4.19. The summed E-state index contributed by atoms with van der Waals surface area (Å²) in [5, 5.41) is 0. The van der Waals surface area contributed by atoms with Gasteiger partial charge < -0.3 is 14.2 Å². The van der Waals surface area contributed by atoms with Crippen LogP contribution in [0.15, 0.2) is 12.1 Å². The SMILES string of the molecule is COc1cc2c(cc1OC)CN(CCOCCS)CC2. The van der Waals surface area contributed by atoms with Crippen molar-refractivity contribution in [3.05, 3.63) is 23.3 Å². The van der Waals surface area contributed by atoms with Crippen LogP contribution in [0.1, 0.15) is 11.1 Å². The Morgan fingerprint density at radius 1 is 1.10 bits per heavy atom. The van der Waals surface area contributed by atoms with Crippen molar-refractivity contribution < 1.29 is 14.2 Å². The zero-order valence-corrected chi connectivity index (χ0v) is 13.1. The molecule has 1 aliphatic heterocycles. The average molecular weight is 297 g/mol. The minimum absolute atomic E-state index is 0.721. The Labute approximate surface area is 126 Å². The van der Waals surface area contributed by atoms with Crippen molar-refractivity contribution in [3.63, 3.8) is 0 Å². The van der Waals surface area contributed by atoms with Gasteiger partial charge in [0.1, 0.15) is 0 Å². The number of nitrogens with zero attached hydrogens (tertiary/aromatic N) is 1. The quantitative estimate of drug-likeness (QED) is 0.616. The van der Waals surface area contributed by atoms with Crippen LogP contribution in [-0.2, 0) is 17.7 Å². The van der Waals surface area contributed by atoms with E-state index in [4.69, 9.17) is 14.2 Å². The smallest absolute Gasteiger partial charge is 0.161 e. The highest BCUT2D eigenvalue weighted by atomic mass is 32.1. The molecule has 0 saturated heterocycles. The van der Waals surface area contributed by atoms with Gasteiger partial charge in [-0.15, -0.1) is 0 Å². The molecule has 4 nitrogen and oxygen atoms in total. The summed E-state index contributed by atoms with van der Waals surface area (Å²) >= 11 is 4.13. The van der Waals surface area contributed by atoms with E-state index in [1.165, 1.54) is 11.1 Å². The summed E-state index contributed by atoms with van der Waals surface area (Å²) in [7, 11) is 3.36. The molecule has 0 aromatic heterocycles. The molecule has 0 spiro atoms. The zero-order valence-electron chi connectivity index (χ0n) is 12.2. The number of fused-ring (bicyclic) bond motifs is 1. The second-order valence-corrected chi connectivity index (χ2v) is 5.29. The molecule has 112 valence electrons. The molecule has 20 heavy (non-hydrogen) atoms. The first kappa shape index (κ1) is 15.5. The molecule has 0 atom stereocenters. The van der Waals surface area contributed by atoms with E-state index in [0.29, 0.717) is 0 Å². The lowest BCUT2D eigenvalue weighted by atomic mass is 9.99. The van der Waals surface area contributed by atoms with Crippen LogP contribution in [0.4, 0.5) is 0 Å². The fraction of sp³-hybridized carbons (Fsp3) is 0.600. The van der Waals surface area contributed by atoms with E-state index < -0.39 is 0 Å². The lowest BCUT2D eigenvalue weighted by Gasteiger charge is -2.29. The van der Waals surface area contributed by atoms with Crippen molar-refractivity contribution in [2.24, 2.45) is 0 Å². The lowest BCUT2D eigenvalue weighted by molar-refractivity contribution is 0.110. The molecule has 1 aliphatic rings. The van der Waals surface area contributed by atoms with Gasteiger partial charge in [0.2, 0.25) is 0 Å². The molecule has 5 heteroatoms. The number of thiol groups is 1. The fourth-order valence-corrected chi connectivity index (χ4v) is 2.62. The third kappa shape index (κ3) is 3.81. The van der Waals surface area contributed by atoms with Crippen molar-refractivity contribution >= 4 is 12.6 Å². The Bertz CT molecular complexity index is 439. The minimum Gasteiger partial charge on any atom is -0.493 e. The first-order chi connectivity index (χ1) is 9.78. The average Bonchev–Trinajstić information content (AvgIpc) is 2.50. The van der Waals surface area contributed by atoms with Gasteiger partial charge in [-0.05, 0) is 29.7 Å². The molecule has 1 aromatic carbocycles. The van der Waals surface area contributed by atoms with Gasteiger partial charge in [-0.2, -0.15) is 12.6 Å². The molecule has 1 aromatic rings. The molecule has 1 heterocycles. The van der Waals surface area contributed by atoms with Gasteiger partial charge in [0, 0.05) is 25.4 Å². The van der Waals surface area contributed by atoms with Gasteiger partial charge in [-0.1, -0.05) is 0 Å². The second-order valence-electron chi connectivity index (χ2n) is 4.84. The standard InChI is InChI=1S/C15H23NO3S/c1-17-14-9-12-3-4-16(5-6-19-7-8-20)11-13(12)10-15(14)18-2/h9-10,20H,3-8,11H2,1-2H3. The van der Waals surface area contributed by atoms with Gasteiger partial charge >= 0.3 is 0 Å². The van der Waals surface area contributed by atoms with E-state index in [2.05, 4.69) is 29.7 Å². The highest BCUT2D eigenvalue weighted by molar-refractivity contribution is 7.80. The molecule has 0 bridgehead atoms. The van der Waals surface area contributed by atoms with Crippen molar-refractivity contribution in [1.82, 2.24) is 4.90 Å². The predicted octanol–water partition coefficient (Wildman–Crippen LogP) is 2.01. The summed E-state index contributed by atoms with van der Waals surface area (Å²) in [6.45, 7) is 4.45. The lowest BCUT2D eigenvalue weighted by Crippen LogP contribution is -2.33. The third-order valence-electron chi connectivity index (χ3n) is 3.58. The zero-order chi connectivity index (χ0) is 14.4. The van der Waals surface area contributed by atoms with E-state index in [1.54, 1.807) is 14.2 Å². The maximum atomic E-state index is 5.49. The third-order valence-corrected chi connectivity index (χ3v) is 3.77. The number of benzene rings is 1. The van der Waals surface area contributed by atoms with E-state index >= 15 is 0 Å². The second kappa shape index (κ2) is 7.76. The van der Waals surface area contributed by atoms with Crippen molar-refractivity contribution in [3.8, 4) is 11.5 Å². The van der Waals surface area contributed by atoms with Crippen molar-refractivity contribution in [2.75, 3.05) is 46.3 Å². The summed E-state index contributed by atoms with van der Waals surface area (Å²) in [6.07, 6.45) is 1.04. The molecule has 0 fully saturated rings. The maximum absolute atomic E-state index is 5.49. The topological polar surface area (TPSA) is 30.9 Å². The molecule has 2 rings (SSSR count). The normalized spacial score (nSPS) is 14.9. The number of hydrogen-bond donors (Lipinski definition) is 1. The summed E-state index contributed by atoms with van der Waals surface area (Å²) in [4.78, 5) is 2.41. The number of hydrogen-bond acceptors (Lipinski definition) is 5. The number of ether oxygens (including phenoxy) is 3. The molecule has 0 N–H and O–H groups in total. The monoisotopic (exact) mass is 297 g/mol. The summed E-state index contributed by atoms with van der Waals surface area (Å²) in [5.74, 6) is 2.40. The van der Waals surface area contributed by atoms with Crippen LogP contribution >= 0.6 is 12.6 Å². The summed E-state index contributed by atoms with van der Waals surface area (Å²) in [5.41, 5.74) is 2.68. The first-order valence-corrected chi connectivity index (χ1v) is 7.56. The van der Waals surface area contributed by atoms with Gasteiger partial charge in [0.05, 0.1) is 27.4 Å². The molecular formula is C15H23NO3S. The van der Waals surface area contributed by atoms with Crippen LogP contribution in [0.2, 0.25) is 0 Å². The Hall–Kier alpha value is -0.910. The number of methoxy groups -OCH3 is 2. The van der Waals surface area contributed by atoms with E-state index in [-0.39, 0.29) is 0 Å². The van der Waals surface area contributed by atoms with E-state index in [1.807, 2.05) is 0 Å². The molecular weight excluding hydrogens is 274 g/mol. The highest BCUT2D eigenvalue weighted by Gasteiger charge is 2.19. The van der Waals surface area contributed by atoms with Crippen LogP contribution in [0, 0.1) is 0 Å². The van der Waals surface area contributed by atoms with Crippen LogP contribution in [0.3, 0.4) is 0 Å². The Kier molecular flexibility index (Phi) is 6.01. The largest absolute Gasteiger partial charge is 0.493 e. The number of rotatable bonds is 7. The van der Waals surface area contributed by atoms with Crippen LogP contribution in [0.25, 0.3) is 0 Å². The van der Waals surface area contributed by atoms with E-state index in [0.717, 1.165) is 56.5 Å². The fourth-order valence-electron chi connectivity index (χ4n) is 2.49. The van der Waals surface area contributed by atoms with Crippen LogP contribution in [-0.4, -0.2) is 51.2 Å². The van der Waals surface area contributed by atoms with Gasteiger partial charge in [0.15, 0.2) is 11.5 Å².